The zero-order valence-corrected chi connectivity index (χ0v) is 11.4. The minimum absolute atomic E-state index is 0.0759. The third-order valence-electron chi connectivity index (χ3n) is 2.89. The Morgan fingerprint density at radius 1 is 1.10 bits per heavy atom. The first-order chi connectivity index (χ1) is 10.1. The maximum atomic E-state index is 12.4. The van der Waals surface area contributed by atoms with Crippen molar-refractivity contribution in [3.8, 4) is 6.07 Å². The highest BCUT2D eigenvalue weighted by molar-refractivity contribution is 7.92. The molecule has 0 amide bonds. The lowest BCUT2D eigenvalue weighted by molar-refractivity contribution is 0.601. The van der Waals surface area contributed by atoms with Gasteiger partial charge in [-0.05, 0) is 24.3 Å². The molecule has 1 aromatic heterocycles. The van der Waals surface area contributed by atoms with Gasteiger partial charge in [-0.25, -0.2) is 8.42 Å². The van der Waals surface area contributed by atoms with Gasteiger partial charge in [0.25, 0.3) is 10.0 Å². The second-order valence-corrected chi connectivity index (χ2v) is 5.86. The maximum absolute atomic E-state index is 12.4. The summed E-state index contributed by atoms with van der Waals surface area (Å²) in [6.45, 7) is 0. The molecule has 0 fully saturated rings. The normalized spacial score (nSPS) is 11.2. The van der Waals surface area contributed by atoms with Crippen LogP contribution in [0.15, 0.2) is 47.4 Å². The van der Waals surface area contributed by atoms with Crippen molar-refractivity contribution in [2.75, 3.05) is 4.72 Å². The SMILES string of the molecule is N#Cc1ccccc1S(=O)(=O)Nc1cccc2n[nH]nc12. The van der Waals surface area contributed by atoms with Gasteiger partial charge in [0.15, 0.2) is 0 Å². The van der Waals surface area contributed by atoms with E-state index in [1.807, 2.05) is 6.07 Å². The van der Waals surface area contributed by atoms with E-state index in [4.69, 9.17) is 5.26 Å². The molecule has 21 heavy (non-hydrogen) atoms. The van der Waals surface area contributed by atoms with Gasteiger partial charge < -0.3 is 0 Å². The molecule has 0 aliphatic carbocycles. The molecule has 0 aliphatic heterocycles. The largest absolute Gasteiger partial charge is 0.277 e. The minimum atomic E-state index is -3.88. The van der Waals surface area contributed by atoms with E-state index in [0.717, 1.165) is 0 Å². The Morgan fingerprint density at radius 2 is 1.90 bits per heavy atom. The summed E-state index contributed by atoms with van der Waals surface area (Å²) >= 11 is 0. The number of hydrogen-bond acceptors (Lipinski definition) is 5. The van der Waals surface area contributed by atoms with Gasteiger partial charge in [-0.15, -0.1) is 0 Å². The molecule has 0 aliphatic rings. The number of sulfonamides is 1. The second-order valence-electron chi connectivity index (χ2n) is 4.21. The van der Waals surface area contributed by atoms with Gasteiger partial charge in [0.2, 0.25) is 0 Å². The number of fused-ring (bicyclic) bond motifs is 1. The molecule has 0 bridgehead atoms. The van der Waals surface area contributed by atoms with Gasteiger partial charge in [0.1, 0.15) is 22.0 Å². The van der Waals surface area contributed by atoms with Gasteiger partial charge in [0.05, 0.1) is 11.3 Å². The maximum Gasteiger partial charge on any atom is 0.263 e. The van der Waals surface area contributed by atoms with Crippen molar-refractivity contribution in [1.29, 1.82) is 5.26 Å². The molecule has 3 rings (SSSR count). The van der Waals surface area contributed by atoms with Crippen molar-refractivity contribution in [2.24, 2.45) is 0 Å². The lowest BCUT2D eigenvalue weighted by atomic mass is 10.2. The van der Waals surface area contributed by atoms with E-state index in [0.29, 0.717) is 16.7 Å². The van der Waals surface area contributed by atoms with Crippen LogP contribution in [-0.4, -0.2) is 23.8 Å². The monoisotopic (exact) mass is 299 g/mol. The number of nitrogens with one attached hydrogen (secondary N) is 2. The second kappa shape index (κ2) is 4.88. The predicted octanol–water partition coefficient (Wildman–Crippen LogP) is 1.63. The minimum Gasteiger partial charge on any atom is -0.277 e. The predicted molar refractivity (Wildman–Crippen MR) is 75.9 cm³/mol. The van der Waals surface area contributed by atoms with Crippen LogP contribution in [0.1, 0.15) is 5.56 Å². The van der Waals surface area contributed by atoms with Crippen LogP contribution in [0.3, 0.4) is 0 Å². The number of H-pyrrole nitrogens is 1. The smallest absolute Gasteiger partial charge is 0.263 e. The fourth-order valence-electron chi connectivity index (χ4n) is 1.94. The Labute approximate surface area is 120 Å². The van der Waals surface area contributed by atoms with Gasteiger partial charge in [0, 0.05) is 0 Å². The fraction of sp³-hybridized carbons (Fsp3) is 0. The van der Waals surface area contributed by atoms with Crippen LogP contribution in [0.4, 0.5) is 5.69 Å². The molecule has 104 valence electrons. The highest BCUT2D eigenvalue weighted by Crippen LogP contribution is 2.23. The summed E-state index contributed by atoms with van der Waals surface area (Å²) in [6.07, 6.45) is 0. The Kier molecular flexibility index (Phi) is 3.04. The average Bonchev–Trinajstić information content (AvgIpc) is 2.96. The molecular weight excluding hydrogens is 290 g/mol. The molecule has 7 nitrogen and oxygen atoms in total. The molecule has 2 N–H and O–H groups in total. The number of anilines is 1. The van der Waals surface area contributed by atoms with Crippen molar-refractivity contribution >= 4 is 26.7 Å². The van der Waals surface area contributed by atoms with E-state index in [-0.39, 0.29) is 10.5 Å². The van der Waals surface area contributed by atoms with Crippen LogP contribution in [-0.2, 0) is 10.0 Å². The molecule has 0 unspecified atom stereocenters. The first kappa shape index (κ1) is 13.1. The first-order valence-corrected chi connectivity index (χ1v) is 7.41. The van der Waals surface area contributed by atoms with E-state index in [2.05, 4.69) is 20.1 Å². The zero-order valence-electron chi connectivity index (χ0n) is 10.6. The zero-order chi connectivity index (χ0) is 14.9. The number of rotatable bonds is 3. The molecule has 3 aromatic rings. The highest BCUT2D eigenvalue weighted by Gasteiger charge is 2.19. The van der Waals surface area contributed by atoms with Gasteiger partial charge >= 0.3 is 0 Å². The molecule has 0 spiro atoms. The molecule has 0 saturated carbocycles. The topological polar surface area (TPSA) is 112 Å². The Balaban J connectivity index is 2.08. The molecule has 0 radical (unpaired) electrons. The van der Waals surface area contributed by atoms with Crippen molar-refractivity contribution in [3.63, 3.8) is 0 Å². The third-order valence-corrected chi connectivity index (χ3v) is 4.31. The van der Waals surface area contributed by atoms with Crippen LogP contribution in [0.2, 0.25) is 0 Å². The Morgan fingerprint density at radius 3 is 2.71 bits per heavy atom. The number of benzene rings is 2. The number of aromatic amines is 1. The Bertz CT molecular complexity index is 956. The molecular formula is C13H9N5O2S. The van der Waals surface area contributed by atoms with Crippen molar-refractivity contribution < 1.29 is 8.42 Å². The van der Waals surface area contributed by atoms with E-state index in [1.54, 1.807) is 30.3 Å². The number of aromatic nitrogens is 3. The van der Waals surface area contributed by atoms with Gasteiger partial charge in [-0.2, -0.15) is 20.7 Å². The van der Waals surface area contributed by atoms with Gasteiger partial charge in [-0.3, -0.25) is 4.72 Å². The van der Waals surface area contributed by atoms with Crippen LogP contribution in [0.5, 0.6) is 0 Å². The molecule has 1 heterocycles. The van der Waals surface area contributed by atoms with Crippen molar-refractivity contribution in [2.45, 2.75) is 4.90 Å². The van der Waals surface area contributed by atoms with Gasteiger partial charge in [-0.1, -0.05) is 18.2 Å². The molecule has 2 aromatic carbocycles. The summed E-state index contributed by atoms with van der Waals surface area (Å²) in [4.78, 5) is -0.0759. The van der Waals surface area contributed by atoms with Crippen molar-refractivity contribution in [3.05, 3.63) is 48.0 Å². The van der Waals surface area contributed by atoms with Crippen LogP contribution >= 0.6 is 0 Å². The average molecular weight is 299 g/mol. The van der Waals surface area contributed by atoms with Crippen LogP contribution in [0, 0.1) is 11.3 Å². The Hall–Kier alpha value is -2.92. The third kappa shape index (κ3) is 2.30. The quantitative estimate of drug-likeness (QED) is 0.763. The fourth-order valence-corrected chi connectivity index (χ4v) is 3.17. The van der Waals surface area contributed by atoms with Crippen LogP contribution < -0.4 is 4.72 Å². The van der Waals surface area contributed by atoms with E-state index < -0.39 is 10.0 Å². The summed E-state index contributed by atoms with van der Waals surface area (Å²) in [5.74, 6) is 0. The van der Waals surface area contributed by atoms with Crippen LogP contribution in [0.25, 0.3) is 11.0 Å². The summed E-state index contributed by atoms with van der Waals surface area (Å²) in [6, 6.07) is 12.8. The summed E-state index contributed by atoms with van der Waals surface area (Å²) in [5, 5.41) is 19.3. The standard InChI is InChI=1S/C13H9N5O2S/c14-8-9-4-1-2-7-12(9)21(19,20)17-11-6-3-5-10-13(11)16-18-15-10/h1-7,17H,(H,15,16,18). The number of hydrogen-bond donors (Lipinski definition) is 2. The van der Waals surface area contributed by atoms with E-state index in [1.165, 1.54) is 12.1 Å². The number of nitrogens with zero attached hydrogens (tertiary/aromatic N) is 3. The molecule has 8 heteroatoms. The first-order valence-electron chi connectivity index (χ1n) is 5.93. The van der Waals surface area contributed by atoms with E-state index >= 15 is 0 Å². The van der Waals surface area contributed by atoms with Crippen molar-refractivity contribution in [1.82, 2.24) is 15.4 Å². The number of nitriles is 1. The lowest BCUT2D eigenvalue weighted by Gasteiger charge is -2.09. The highest BCUT2D eigenvalue weighted by atomic mass is 32.2. The number of para-hydroxylation sites is 1. The summed E-state index contributed by atoms with van der Waals surface area (Å²) in [7, 11) is -3.88. The summed E-state index contributed by atoms with van der Waals surface area (Å²) < 4.78 is 27.3. The van der Waals surface area contributed by atoms with E-state index in [9.17, 15) is 8.42 Å². The molecule has 0 atom stereocenters. The summed E-state index contributed by atoms with van der Waals surface area (Å²) in [5.41, 5.74) is 1.34. The lowest BCUT2D eigenvalue weighted by Crippen LogP contribution is -2.14. The molecule has 0 saturated heterocycles.